The molecule has 2 N–H and O–H groups in total. The third kappa shape index (κ3) is 3.89. The van der Waals surface area contributed by atoms with E-state index >= 15 is 0 Å². The fourth-order valence-electron chi connectivity index (χ4n) is 3.24. The molecule has 124 valence electrons. The maximum absolute atomic E-state index is 11.7. The molecule has 2 aromatic rings. The molecule has 1 fully saturated rings. The molecule has 0 aromatic carbocycles. The summed E-state index contributed by atoms with van der Waals surface area (Å²) in [6.45, 7) is 3.55. The van der Waals surface area contributed by atoms with Gasteiger partial charge in [0.1, 0.15) is 17.7 Å². The molecule has 0 aliphatic carbocycles. The standard InChI is InChI=1S/C17H23N3O3/c1-2-12-9-17(22)19-16(18-12)11-20-7-3-5-13(20)10-14(21)15-6-4-8-23-15/h4,6,8-9,13-14,21H,2-3,5,7,10-11H2,1H3,(H,18,19,22). The predicted octanol–water partition coefficient (Wildman–Crippen LogP) is 2.01. The lowest BCUT2D eigenvalue weighted by molar-refractivity contribution is 0.0986. The van der Waals surface area contributed by atoms with Crippen LogP contribution in [-0.4, -0.2) is 32.6 Å². The van der Waals surface area contributed by atoms with Crippen LogP contribution in [0.2, 0.25) is 0 Å². The van der Waals surface area contributed by atoms with Crippen molar-refractivity contribution in [3.05, 3.63) is 52.1 Å². The first-order chi connectivity index (χ1) is 11.2. The van der Waals surface area contributed by atoms with Crippen LogP contribution in [0, 0.1) is 0 Å². The number of hydrogen-bond donors (Lipinski definition) is 2. The van der Waals surface area contributed by atoms with E-state index in [1.807, 2.05) is 6.92 Å². The lowest BCUT2D eigenvalue weighted by atomic mass is 10.1. The van der Waals surface area contributed by atoms with E-state index in [0.717, 1.165) is 31.5 Å². The number of aliphatic hydroxyl groups excluding tert-OH is 1. The van der Waals surface area contributed by atoms with Crippen molar-refractivity contribution >= 4 is 0 Å². The molecule has 1 saturated heterocycles. The smallest absolute Gasteiger partial charge is 0.251 e. The molecule has 6 heteroatoms. The molecule has 0 spiro atoms. The van der Waals surface area contributed by atoms with E-state index in [2.05, 4.69) is 14.9 Å². The highest BCUT2D eigenvalue weighted by Gasteiger charge is 2.28. The minimum absolute atomic E-state index is 0.0989. The van der Waals surface area contributed by atoms with Crippen molar-refractivity contribution in [2.24, 2.45) is 0 Å². The molecule has 6 nitrogen and oxygen atoms in total. The number of likely N-dealkylation sites (tertiary alicyclic amines) is 1. The normalized spacial score (nSPS) is 20.0. The number of aromatic nitrogens is 2. The van der Waals surface area contributed by atoms with Gasteiger partial charge >= 0.3 is 0 Å². The van der Waals surface area contributed by atoms with Crippen molar-refractivity contribution in [3.63, 3.8) is 0 Å². The van der Waals surface area contributed by atoms with Crippen LogP contribution in [0.25, 0.3) is 0 Å². The van der Waals surface area contributed by atoms with Gasteiger partial charge in [0.25, 0.3) is 5.56 Å². The number of nitrogens with zero attached hydrogens (tertiary/aromatic N) is 2. The first-order valence-electron chi connectivity index (χ1n) is 8.20. The van der Waals surface area contributed by atoms with Gasteiger partial charge in [-0.15, -0.1) is 0 Å². The first kappa shape index (κ1) is 16.0. The summed E-state index contributed by atoms with van der Waals surface area (Å²) in [5.41, 5.74) is 0.716. The molecule has 23 heavy (non-hydrogen) atoms. The van der Waals surface area contributed by atoms with Crippen LogP contribution < -0.4 is 5.56 Å². The maximum atomic E-state index is 11.7. The Bertz CT molecular complexity index is 681. The maximum Gasteiger partial charge on any atom is 0.251 e. The molecular formula is C17H23N3O3. The summed E-state index contributed by atoms with van der Waals surface area (Å²) in [7, 11) is 0. The molecule has 1 aliphatic heterocycles. The van der Waals surface area contributed by atoms with E-state index in [0.29, 0.717) is 24.6 Å². The Morgan fingerprint density at radius 2 is 2.43 bits per heavy atom. The summed E-state index contributed by atoms with van der Waals surface area (Å²) in [6.07, 6.45) is 4.49. The Morgan fingerprint density at radius 3 is 3.17 bits per heavy atom. The van der Waals surface area contributed by atoms with E-state index in [4.69, 9.17) is 4.42 Å². The van der Waals surface area contributed by atoms with E-state index in [1.165, 1.54) is 0 Å². The molecular weight excluding hydrogens is 294 g/mol. The van der Waals surface area contributed by atoms with Crippen LogP contribution in [-0.2, 0) is 13.0 Å². The molecule has 2 unspecified atom stereocenters. The number of hydrogen-bond acceptors (Lipinski definition) is 5. The second-order valence-corrected chi connectivity index (χ2v) is 6.07. The van der Waals surface area contributed by atoms with Gasteiger partial charge in [0, 0.05) is 17.8 Å². The molecule has 2 aromatic heterocycles. The average Bonchev–Trinajstić information content (AvgIpc) is 3.19. The van der Waals surface area contributed by atoms with Crippen LogP contribution in [0.1, 0.15) is 49.6 Å². The van der Waals surface area contributed by atoms with Gasteiger partial charge in [-0.25, -0.2) is 4.98 Å². The highest BCUT2D eigenvalue weighted by molar-refractivity contribution is 5.04. The summed E-state index contributed by atoms with van der Waals surface area (Å²) in [5, 5.41) is 10.3. The summed E-state index contributed by atoms with van der Waals surface area (Å²) >= 11 is 0. The van der Waals surface area contributed by atoms with Gasteiger partial charge in [-0.2, -0.15) is 0 Å². The molecule has 0 bridgehead atoms. The zero-order chi connectivity index (χ0) is 16.2. The summed E-state index contributed by atoms with van der Waals surface area (Å²) in [6, 6.07) is 5.40. The van der Waals surface area contributed by atoms with Crippen LogP contribution in [0.5, 0.6) is 0 Å². The summed E-state index contributed by atoms with van der Waals surface area (Å²) < 4.78 is 5.28. The van der Waals surface area contributed by atoms with Crippen molar-refractivity contribution in [2.45, 2.75) is 51.3 Å². The highest BCUT2D eigenvalue weighted by atomic mass is 16.4. The van der Waals surface area contributed by atoms with Crippen molar-refractivity contribution < 1.29 is 9.52 Å². The SMILES string of the molecule is CCc1cc(=O)[nH]c(CN2CCCC2CC(O)c2ccco2)n1. The van der Waals surface area contributed by atoms with Crippen LogP contribution >= 0.6 is 0 Å². The van der Waals surface area contributed by atoms with Gasteiger partial charge in [-0.1, -0.05) is 6.92 Å². The summed E-state index contributed by atoms with van der Waals surface area (Å²) in [4.78, 5) is 21.3. The average molecular weight is 317 g/mol. The lowest BCUT2D eigenvalue weighted by Gasteiger charge is -2.25. The fourth-order valence-corrected chi connectivity index (χ4v) is 3.24. The quantitative estimate of drug-likeness (QED) is 0.851. The topological polar surface area (TPSA) is 82.4 Å². The molecule has 3 heterocycles. The van der Waals surface area contributed by atoms with Crippen molar-refractivity contribution in [1.29, 1.82) is 0 Å². The van der Waals surface area contributed by atoms with E-state index in [9.17, 15) is 9.90 Å². The molecule has 3 rings (SSSR count). The second kappa shape index (κ2) is 7.10. The van der Waals surface area contributed by atoms with Gasteiger partial charge < -0.3 is 14.5 Å². The zero-order valence-electron chi connectivity index (χ0n) is 13.4. The third-order valence-corrected chi connectivity index (χ3v) is 4.42. The van der Waals surface area contributed by atoms with Gasteiger partial charge in [0.2, 0.25) is 0 Å². The highest BCUT2D eigenvalue weighted by Crippen LogP contribution is 2.28. The van der Waals surface area contributed by atoms with Crippen molar-refractivity contribution in [3.8, 4) is 0 Å². The number of rotatable bonds is 6. The van der Waals surface area contributed by atoms with Crippen molar-refractivity contribution in [2.75, 3.05) is 6.54 Å². The Kier molecular flexibility index (Phi) is 4.93. The monoisotopic (exact) mass is 317 g/mol. The molecule has 0 radical (unpaired) electrons. The fraction of sp³-hybridized carbons (Fsp3) is 0.529. The number of aromatic amines is 1. The second-order valence-electron chi connectivity index (χ2n) is 6.07. The zero-order valence-corrected chi connectivity index (χ0v) is 13.4. The number of nitrogens with one attached hydrogen (secondary N) is 1. The van der Waals surface area contributed by atoms with Gasteiger partial charge in [0.05, 0.1) is 12.8 Å². The minimum atomic E-state index is -0.593. The van der Waals surface area contributed by atoms with Crippen LogP contribution in [0.15, 0.2) is 33.7 Å². The summed E-state index contributed by atoms with van der Waals surface area (Å²) in [5.74, 6) is 1.31. The minimum Gasteiger partial charge on any atom is -0.467 e. The van der Waals surface area contributed by atoms with E-state index in [1.54, 1.807) is 24.5 Å². The molecule has 2 atom stereocenters. The molecule has 0 saturated carbocycles. The number of aryl methyl sites for hydroxylation is 1. The van der Waals surface area contributed by atoms with E-state index < -0.39 is 6.10 Å². The lowest BCUT2D eigenvalue weighted by Crippen LogP contribution is -2.32. The number of furan rings is 1. The molecule has 1 aliphatic rings. The first-order valence-corrected chi connectivity index (χ1v) is 8.20. The van der Waals surface area contributed by atoms with Gasteiger partial charge in [-0.3, -0.25) is 9.69 Å². The third-order valence-electron chi connectivity index (χ3n) is 4.42. The van der Waals surface area contributed by atoms with Gasteiger partial charge in [-0.05, 0) is 44.4 Å². The number of H-pyrrole nitrogens is 1. The largest absolute Gasteiger partial charge is 0.467 e. The Balaban J connectivity index is 1.67. The molecule has 0 amide bonds. The number of aliphatic hydroxyl groups is 1. The Morgan fingerprint density at radius 1 is 1.57 bits per heavy atom. The van der Waals surface area contributed by atoms with Crippen LogP contribution in [0.4, 0.5) is 0 Å². The van der Waals surface area contributed by atoms with E-state index in [-0.39, 0.29) is 11.6 Å². The van der Waals surface area contributed by atoms with Gasteiger partial charge in [0.15, 0.2) is 0 Å². The Labute approximate surface area is 135 Å². The predicted molar refractivity (Wildman–Crippen MR) is 86.0 cm³/mol. The Hall–Kier alpha value is -1.92. The van der Waals surface area contributed by atoms with Crippen molar-refractivity contribution in [1.82, 2.24) is 14.9 Å². The van der Waals surface area contributed by atoms with Crippen LogP contribution in [0.3, 0.4) is 0 Å².